The van der Waals surface area contributed by atoms with Crippen LogP contribution in [-0.2, 0) is 13.5 Å². The SMILES string of the molecule is CCCCC1Cc2cc(O)ccc2-c2n(C)c3cc(O)ccc3[n+]21.[I-]. The van der Waals surface area contributed by atoms with Gasteiger partial charge in [0.05, 0.1) is 12.6 Å². The third kappa shape index (κ3) is 2.88. The quantitative estimate of drug-likeness (QED) is 0.459. The van der Waals surface area contributed by atoms with E-state index in [4.69, 9.17) is 0 Å². The number of halogens is 1. The van der Waals surface area contributed by atoms with Crippen molar-refractivity contribution in [1.82, 2.24) is 4.57 Å². The number of aromatic nitrogens is 2. The minimum atomic E-state index is 0. The van der Waals surface area contributed by atoms with Crippen LogP contribution in [0.25, 0.3) is 22.4 Å². The van der Waals surface area contributed by atoms with E-state index in [1.807, 2.05) is 31.3 Å². The summed E-state index contributed by atoms with van der Waals surface area (Å²) in [6.07, 6.45) is 4.40. The number of hydrogen-bond acceptors (Lipinski definition) is 2. The molecule has 3 aromatic rings. The van der Waals surface area contributed by atoms with Crippen LogP contribution < -0.4 is 28.5 Å². The summed E-state index contributed by atoms with van der Waals surface area (Å²) in [5.74, 6) is 1.77. The van der Waals surface area contributed by atoms with Gasteiger partial charge in [0.15, 0.2) is 11.0 Å². The molecule has 0 spiro atoms. The van der Waals surface area contributed by atoms with E-state index >= 15 is 0 Å². The summed E-state index contributed by atoms with van der Waals surface area (Å²) in [4.78, 5) is 0. The van der Waals surface area contributed by atoms with E-state index in [9.17, 15) is 10.2 Å². The molecule has 0 saturated heterocycles. The minimum Gasteiger partial charge on any atom is -1.00 e. The van der Waals surface area contributed by atoms with E-state index < -0.39 is 0 Å². The van der Waals surface area contributed by atoms with Crippen LogP contribution in [0.3, 0.4) is 0 Å². The largest absolute Gasteiger partial charge is 1.00 e. The predicted molar refractivity (Wildman–Crippen MR) is 94.1 cm³/mol. The molecule has 5 heteroatoms. The van der Waals surface area contributed by atoms with Gasteiger partial charge in [0.1, 0.15) is 17.5 Å². The lowest BCUT2D eigenvalue weighted by molar-refractivity contribution is -0.691. The van der Waals surface area contributed by atoms with Gasteiger partial charge in [-0.25, -0.2) is 9.13 Å². The molecule has 0 aliphatic carbocycles. The molecule has 1 unspecified atom stereocenters. The van der Waals surface area contributed by atoms with E-state index in [2.05, 4.69) is 16.1 Å². The van der Waals surface area contributed by atoms with E-state index in [0.717, 1.165) is 29.7 Å². The molecule has 0 bridgehead atoms. The summed E-state index contributed by atoms with van der Waals surface area (Å²) in [6.45, 7) is 2.22. The summed E-state index contributed by atoms with van der Waals surface area (Å²) in [5, 5.41) is 19.8. The Morgan fingerprint density at radius 1 is 1.12 bits per heavy atom. The van der Waals surface area contributed by atoms with Gasteiger partial charge >= 0.3 is 0 Å². The smallest absolute Gasteiger partial charge is 0.290 e. The highest BCUT2D eigenvalue weighted by Crippen LogP contribution is 2.36. The zero-order valence-corrected chi connectivity index (χ0v) is 16.7. The molecule has 1 aromatic heterocycles. The first kappa shape index (κ1) is 18.0. The number of rotatable bonds is 3. The Morgan fingerprint density at radius 3 is 2.60 bits per heavy atom. The number of benzene rings is 2. The van der Waals surface area contributed by atoms with Crippen molar-refractivity contribution >= 4 is 11.0 Å². The van der Waals surface area contributed by atoms with Crippen LogP contribution in [0, 0.1) is 0 Å². The first-order valence-electron chi connectivity index (χ1n) is 8.65. The number of phenols is 2. The third-order valence-corrected chi connectivity index (χ3v) is 5.17. The van der Waals surface area contributed by atoms with Gasteiger partial charge in [-0.3, -0.25) is 0 Å². The number of hydrogen-bond donors (Lipinski definition) is 2. The lowest BCUT2D eigenvalue weighted by atomic mass is 9.92. The fourth-order valence-corrected chi connectivity index (χ4v) is 4.04. The molecule has 2 heterocycles. The summed E-state index contributed by atoms with van der Waals surface area (Å²) in [5.41, 5.74) is 4.56. The van der Waals surface area contributed by atoms with Gasteiger partial charge in [0.2, 0.25) is 0 Å². The molecule has 0 radical (unpaired) electrons. The van der Waals surface area contributed by atoms with Gasteiger partial charge in [-0.05, 0) is 48.7 Å². The molecular weight excluding hydrogens is 427 g/mol. The van der Waals surface area contributed by atoms with Crippen molar-refractivity contribution in [2.45, 2.75) is 38.6 Å². The van der Waals surface area contributed by atoms with Crippen molar-refractivity contribution in [1.29, 1.82) is 0 Å². The molecule has 0 amide bonds. The monoisotopic (exact) mass is 450 g/mol. The van der Waals surface area contributed by atoms with Crippen LogP contribution in [0.5, 0.6) is 11.5 Å². The number of aromatic hydroxyl groups is 2. The highest BCUT2D eigenvalue weighted by atomic mass is 127. The Hall–Kier alpha value is -1.76. The molecule has 1 atom stereocenters. The van der Waals surface area contributed by atoms with Crippen molar-refractivity contribution in [3.63, 3.8) is 0 Å². The van der Waals surface area contributed by atoms with E-state index in [-0.39, 0.29) is 29.7 Å². The third-order valence-electron chi connectivity index (χ3n) is 5.17. The van der Waals surface area contributed by atoms with Crippen molar-refractivity contribution in [3.8, 4) is 22.9 Å². The highest BCUT2D eigenvalue weighted by molar-refractivity contribution is 5.78. The number of aryl methyl sites for hydroxylation is 1. The molecule has 25 heavy (non-hydrogen) atoms. The molecule has 1 aliphatic heterocycles. The number of unbranched alkanes of at least 4 members (excludes halogenated alkanes) is 1. The maximum absolute atomic E-state index is 9.90. The number of imidazole rings is 1. The van der Waals surface area contributed by atoms with Gasteiger partial charge in [0, 0.05) is 12.5 Å². The average molecular weight is 450 g/mol. The fourth-order valence-electron chi connectivity index (χ4n) is 4.04. The second-order valence-electron chi connectivity index (χ2n) is 6.77. The Labute approximate surface area is 164 Å². The number of fused-ring (bicyclic) bond motifs is 5. The Balaban J connectivity index is 0.00000182. The summed E-state index contributed by atoms with van der Waals surface area (Å²) in [7, 11) is 2.05. The van der Waals surface area contributed by atoms with Crippen LogP contribution in [0.1, 0.15) is 37.8 Å². The zero-order valence-electron chi connectivity index (χ0n) is 14.5. The van der Waals surface area contributed by atoms with Crippen molar-refractivity contribution in [2.24, 2.45) is 7.05 Å². The fraction of sp³-hybridized carbons (Fsp3) is 0.350. The summed E-state index contributed by atoms with van der Waals surface area (Å²) >= 11 is 0. The minimum absolute atomic E-state index is 0. The molecule has 4 nitrogen and oxygen atoms in total. The second kappa shape index (κ2) is 6.86. The first-order valence-corrected chi connectivity index (χ1v) is 8.65. The van der Waals surface area contributed by atoms with Crippen LogP contribution >= 0.6 is 0 Å². The van der Waals surface area contributed by atoms with Gasteiger partial charge in [-0.15, -0.1) is 0 Å². The van der Waals surface area contributed by atoms with Gasteiger partial charge < -0.3 is 34.2 Å². The van der Waals surface area contributed by atoms with Gasteiger partial charge in [0.25, 0.3) is 5.82 Å². The van der Waals surface area contributed by atoms with Crippen LogP contribution in [-0.4, -0.2) is 14.8 Å². The Kier molecular flexibility index (Phi) is 4.95. The predicted octanol–water partition coefficient (Wildman–Crippen LogP) is 0.835. The lowest BCUT2D eigenvalue weighted by Gasteiger charge is -2.23. The molecule has 2 N–H and O–H groups in total. The maximum atomic E-state index is 9.90. The summed E-state index contributed by atoms with van der Waals surface area (Å²) in [6, 6.07) is 11.6. The van der Waals surface area contributed by atoms with Crippen molar-refractivity contribution in [3.05, 3.63) is 42.0 Å². The average Bonchev–Trinajstić information content (AvgIpc) is 2.85. The molecule has 0 fully saturated rings. The topological polar surface area (TPSA) is 49.3 Å². The number of phenolic OH excluding ortho intramolecular Hbond substituents is 2. The lowest BCUT2D eigenvalue weighted by Crippen LogP contribution is -3.00. The normalized spacial score (nSPS) is 15.5. The van der Waals surface area contributed by atoms with E-state index in [0.29, 0.717) is 11.8 Å². The van der Waals surface area contributed by atoms with Gasteiger partial charge in [-0.1, -0.05) is 13.3 Å². The van der Waals surface area contributed by atoms with Crippen LogP contribution in [0.15, 0.2) is 36.4 Å². The molecule has 4 rings (SSSR count). The zero-order chi connectivity index (χ0) is 16.8. The van der Waals surface area contributed by atoms with E-state index in [1.54, 1.807) is 12.1 Å². The van der Waals surface area contributed by atoms with Crippen molar-refractivity contribution < 1.29 is 38.8 Å². The standard InChI is InChI=1S/C20H22N2O2.HI/c1-3-4-5-14-10-13-11-15(23)6-8-17(13)20-21(2)19-12-16(24)7-9-18(19)22(14)20;/h6-9,11-12,14,24H,3-5,10H2,1-2H3;1H. The van der Waals surface area contributed by atoms with E-state index in [1.165, 1.54) is 24.0 Å². The maximum Gasteiger partial charge on any atom is 0.290 e. The molecule has 1 aliphatic rings. The van der Waals surface area contributed by atoms with Crippen molar-refractivity contribution in [2.75, 3.05) is 0 Å². The molecule has 2 aromatic carbocycles. The molecule has 132 valence electrons. The Morgan fingerprint density at radius 2 is 1.84 bits per heavy atom. The second-order valence-corrected chi connectivity index (χ2v) is 6.77. The highest BCUT2D eigenvalue weighted by Gasteiger charge is 2.35. The number of nitrogens with zero attached hydrogens (tertiary/aromatic N) is 2. The Bertz CT molecular complexity index is 933. The molecular formula is C20H23IN2O2. The molecule has 0 saturated carbocycles. The summed E-state index contributed by atoms with van der Waals surface area (Å²) < 4.78 is 4.58. The van der Waals surface area contributed by atoms with Crippen LogP contribution in [0.2, 0.25) is 0 Å². The van der Waals surface area contributed by atoms with Gasteiger partial charge in [-0.2, -0.15) is 0 Å². The van der Waals surface area contributed by atoms with Crippen LogP contribution in [0.4, 0.5) is 0 Å². The first-order chi connectivity index (χ1) is 11.6.